The Balaban J connectivity index is 2.49. The maximum Gasteiger partial charge on any atom is 0.293 e. The van der Waals surface area contributed by atoms with Gasteiger partial charge in [0, 0.05) is 26.4 Å². The normalized spacial score (nSPS) is 10.9. The molecule has 0 N–H and O–H groups in total. The van der Waals surface area contributed by atoms with E-state index in [0.717, 1.165) is 0 Å². The molecule has 110 valence electrons. The fourth-order valence-corrected chi connectivity index (χ4v) is 2.01. The maximum atomic E-state index is 11.2. The van der Waals surface area contributed by atoms with Gasteiger partial charge in [-0.3, -0.25) is 15.1 Å². The highest BCUT2D eigenvalue weighted by Gasteiger charge is 2.16. The number of nitriles is 1. The van der Waals surface area contributed by atoms with Gasteiger partial charge in [-0.25, -0.2) is 0 Å². The summed E-state index contributed by atoms with van der Waals surface area (Å²) in [6.07, 6.45) is 3.19. The van der Waals surface area contributed by atoms with Crippen LogP contribution in [0.4, 0.5) is 11.4 Å². The highest BCUT2D eigenvalue weighted by atomic mass is 16.6. The van der Waals surface area contributed by atoms with Gasteiger partial charge in [-0.1, -0.05) is 12.1 Å². The molecule has 0 aliphatic rings. The van der Waals surface area contributed by atoms with Crippen LogP contribution in [0.3, 0.4) is 0 Å². The minimum atomic E-state index is -0.431. The van der Waals surface area contributed by atoms with Gasteiger partial charge in [-0.2, -0.15) is 5.26 Å². The van der Waals surface area contributed by atoms with Crippen LogP contribution < -0.4 is 4.90 Å². The fourth-order valence-electron chi connectivity index (χ4n) is 2.01. The van der Waals surface area contributed by atoms with Gasteiger partial charge in [0.2, 0.25) is 0 Å². The molecule has 0 fully saturated rings. The van der Waals surface area contributed by atoms with Crippen molar-refractivity contribution in [3.63, 3.8) is 0 Å². The molecule has 2 rings (SSSR count). The van der Waals surface area contributed by atoms with Crippen LogP contribution in [-0.2, 0) is 0 Å². The van der Waals surface area contributed by atoms with Gasteiger partial charge >= 0.3 is 0 Å². The largest absolute Gasteiger partial charge is 0.372 e. The maximum absolute atomic E-state index is 11.2. The van der Waals surface area contributed by atoms with Crippen LogP contribution in [0.2, 0.25) is 0 Å². The fraction of sp³-hybridized carbons (Fsp3) is 0.125. The first-order valence-corrected chi connectivity index (χ1v) is 6.52. The monoisotopic (exact) mass is 294 g/mol. The zero-order chi connectivity index (χ0) is 16.1. The van der Waals surface area contributed by atoms with Crippen LogP contribution in [0.1, 0.15) is 11.3 Å². The summed E-state index contributed by atoms with van der Waals surface area (Å²) in [5.41, 5.74) is 1.98. The first-order valence-electron chi connectivity index (χ1n) is 6.52. The van der Waals surface area contributed by atoms with Crippen LogP contribution in [-0.4, -0.2) is 24.0 Å². The molecule has 1 aromatic carbocycles. The average molecular weight is 294 g/mol. The molecule has 6 nitrogen and oxygen atoms in total. The van der Waals surface area contributed by atoms with E-state index in [4.69, 9.17) is 0 Å². The lowest BCUT2D eigenvalue weighted by atomic mass is 10.1. The second-order valence-electron chi connectivity index (χ2n) is 4.78. The molecular formula is C16H14N4O2. The third kappa shape index (κ3) is 3.27. The standard InChI is InChI=1S/C16H14N4O2/c1-19(2)15-7-6-12(10-16(15)20(21)22)9-13(11-17)14-5-3-4-8-18-14/h3-10H,1-2H3/b13-9+. The number of nitro benzene ring substituents is 1. The van der Waals surface area contributed by atoms with Gasteiger partial charge in [0.15, 0.2) is 0 Å². The topological polar surface area (TPSA) is 83.1 Å². The van der Waals surface area contributed by atoms with Gasteiger partial charge in [0.05, 0.1) is 16.2 Å². The molecule has 0 saturated carbocycles. The molecule has 0 unspecified atom stereocenters. The molecule has 0 aliphatic carbocycles. The molecule has 0 atom stereocenters. The van der Waals surface area contributed by atoms with Crippen LogP contribution in [0.25, 0.3) is 11.6 Å². The van der Waals surface area contributed by atoms with Crippen molar-refractivity contribution in [2.45, 2.75) is 0 Å². The summed E-state index contributed by atoms with van der Waals surface area (Å²) >= 11 is 0. The van der Waals surface area contributed by atoms with Gasteiger partial charge in [-0.15, -0.1) is 0 Å². The Morgan fingerprint density at radius 2 is 2.14 bits per heavy atom. The highest BCUT2D eigenvalue weighted by molar-refractivity contribution is 5.89. The molecule has 0 saturated heterocycles. The van der Waals surface area contributed by atoms with Crippen LogP contribution in [0.15, 0.2) is 42.6 Å². The summed E-state index contributed by atoms with van der Waals surface area (Å²) < 4.78 is 0. The van der Waals surface area contributed by atoms with E-state index in [1.807, 2.05) is 0 Å². The molecule has 2 aromatic rings. The van der Waals surface area contributed by atoms with Crippen molar-refractivity contribution in [3.05, 3.63) is 64.0 Å². The van der Waals surface area contributed by atoms with E-state index < -0.39 is 4.92 Å². The van der Waals surface area contributed by atoms with Gasteiger partial charge in [0.25, 0.3) is 5.69 Å². The minimum Gasteiger partial charge on any atom is -0.372 e. The molecule has 0 amide bonds. The van der Waals surface area contributed by atoms with E-state index in [-0.39, 0.29) is 5.69 Å². The Morgan fingerprint density at radius 1 is 1.36 bits per heavy atom. The number of nitrogens with zero attached hydrogens (tertiary/aromatic N) is 4. The van der Waals surface area contributed by atoms with Gasteiger partial charge in [0.1, 0.15) is 11.8 Å². The molecule has 0 bridgehead atoms. The lowest BCUT2D eigenvalue weighted by molar-refractivity contribution is -0.384. The summed E-state index contributed by atoms with van der Waals surface area (Å²) in [4.78, 5) is 16.5. The Labute approximate surface area is 128 Å². The van der Waals surface area contributed by atoms with Crippen LogP contribution >= 0.6 is 0 Å². The van der Waals surface area contributed by atoms with Crippen molar-refractivity contribution < 1.29 is 4.92 Å². The minimum absolute atomic E-state index is 0.00272. The Morgan fingerprint density at radius 3 is 2.68 bits per heavy atom. The summed E-state index contributed by atoms with van der Waals surface area (Å²) in [5.74, 6) is 0. The molecular weight excluding hydrogens is 280 g/mol. The third-order valence-corrected chi connectivity index (χ3v) is 3.05. The number of allylic oxidation sites excluding steroid dienone is 1. The van der Waals surface area contributed by atoms with E-state index in [0.29, 0.717) is 22.5 Å². The number of nitro groups is 1. The van der Waals surface area contributed by atoms with Crippen molar-refractivity contribution >= 4 is 23.0 Å². The van der Waals surface area contributed by atoms with Crippen molar-refractivity contribution in [3.8, 4) is 6.07 Å². The van der Waals surface area contributed by atoms with Crippen LogP contribution in [0, 0.1) is 21.4 Å². The first kappa shape index (κ1) is 15.2. The number of aromatic nitrogens is 1. The lowest BCUT2D eigenvalue weighted by Gasteiger charge is -2.12. The number of hydrogen-bond donors (Lipinski definition) is 0. The first-order chi connectivity index (χ1) is 10.5. The average Bonchev–Trinajstić information content (AvgIpc) is 2.53. The van der Waals surface area contributed by atoms with Gasteiger partial charge < -0.3 is 4.90 Å². The van der Waals surface area contributed by atoms with Crippen molar-refractivity contribution in [2.75, 3.05) is 19.0 Å². The molecule has 22 heavy (non-hydrogen) atoms. The van der Waals surface area contributed by atoms with Gasteiger partial charge in [-0.05, 0) is 29.8 Å². The van der Waals surface area contributed by atoms with E-state index >= 15 is 0 Å². The Kier molecular flexibility index (Phi) is 4.49. The number of benzene rings is 1. The smallest absolute Gasteiger partial charge is 0.293 e. The molecule has 1 aromatic heterocycles. The van der Waals surface area contributed by atoms with E-state index in [1.165, 1.54) is 6.07 Å². The molecule has 0 aliphatic heterocycles. The molecule has 0 spiro atoms. The predicted molar refractivity (Wildman–Crippen MR) is 85.1 cm³/mol. The zero-order valence-corrected chi connectivity index (χ0v) is 12.2. The van der Waals surface area contributed by atoms with Crippen molar-refractivity contribution in [1.82, 2.24) is 4.98 Å². The van der Waals surface area contributed by atoms with Crippen molar-refractivity contribution in [2.24, 2.45) is 0 Å². The van der Waals surface area contributed by atoms with Crippen LogP contribution in [0.5, 0.6) is 0 Å². The second-order valence-corrected chi connectivity index (χ2v) is 4.78. The third-order valence-electron chi connectivity index (χ3n) is 3.05. The van der Waals surface area contributed by atoms with E-state index in [2.05, 4.69) is 11.1 Å². The number of pyridine rings is 1. The highest BCUT2D eigenvalue weighted by Crippen LogP contribution is 2.29. The molecule has 6 heteroatoms. The van der Waals surface area contributed by atoms with Crippen molar-refractivity contribution in [1.29, 1.82) is 5.26 Å². The summed E-state index contributed by atoms with van der Waals surface area (Å²) in [6.45, 7) is 0. The Bertz CT molecular complexity index is 761. The Hall–Kier alpha value is -3.20. The number of rotatable bonds is 4. The summed E-state index contributed by atoms with van der Waals surface area (Å²) in [6, 6.07) is 12.2. The molecule has 1 heterocycles. The number of anilines is 1. The SMILES string of the molecule is CN(C)c1ccc(/C=C(\C#N)c2ccccn2)cc1[N+](=O)[O-]. The second kappa shape index (κ2) is 6.50. The lowest BCUT2D eigenvalue weighted by Crippen LogP contribution is -2.11. The van der Waals surface area contributed by atoms with E-state index in [1.54, 1.807) is 61.6 Å². The molecule has 0 radical (unpaired) electrons. The van der Waals surface area contributed by atoms with E-state index in [9.17, 15) is 15.4 Å². The summed E-state index contributed by atoms with van der Waals surface area (Å²) in [7, 11) is 3.49. The summed E-state index contributed by atoms with van der Waals surface area (Å²) in [5, 5.41) is 20.4. The predicted octanol–water partition coefficient (Wildman–Crippen LogP) is 3.12. The zero-order valence-electron chi connectivity index (χ0n) is 12.2. The number of hydrogen-bond acceptors (Lipinski definition) is 5. The quantitative estimate of drug-likeness (QED) is 0.491.